The zero-order valence-corrected chi connectivity index (χ0v) is 20.9. The molecule has 0 saturated heterocycles. The second kappa shape index (κ2) is 11.5. The van der Waals surface area contributed by atoms with Crippen molar-refractivity contribution in [2.45, 2.75) is 36.8 Å². The Balaban J connectivity index is 1.45. The van der Waals surface area contributed by atoms with Gasteiger partial charge in [-0.25, -0.2) is 18.5 Å². The van der Waals surface area contributed by atoms with Gasteiger partial charge in [0.25, 0.3) is 0 Å². The molecule has 36 heavy (non-hydrogen) atoms. The number of amides is 1. The monoisotopic (exact) mass is 514 g/mol. The fourth-order valence-corrected chi connectivity index (χ4v) is 3.84. The van der Waals surface area contributed by atoms with Crippen LogP contribution in [0.25, 0.3) is 0 Å². The average molecular weight is 515 g/mol. The number of nitrogens with one attached hydrogen (secondary N) is 1. The third-order valence-corrected chi connectivity index (χ3v) is 6.15. The third kappa shape index (κ3) is 8.31. The Labute approximate surface area is 210 Å². The number of β-amino-alcohol motifs (C(OH)–C–C–N with tert-alkyl or cyclic N) is 1. The first kappa shape index (κ1) is 27.1. The first-order valence-electron chi connectivity index (χ1n) is 11.1. The molecule has 0 bridgehead atoms. The fourth-order valence-electron chi connectivity index (χ4n) is 3.33. The van der Waals surface area contributed by atoms with Gasteiger partial charge in [0, 0.05) is 24.3 Å². The second-order valence-electron chi connectivity index (χ2n) is 8.92. The maximum Gasteiger partial charge on any atom is 0.250 e. The fraction of sp³-hybridized carbons (Fsp3) is 0.280. The second-order valence-corrected chi connectivity index (χ2v) is 10.5. The molecule has 1 heterocycles. The van der Waals surface area contributed by atoms with Gasteiger partial charge in [0.05, 0.1) is 10.5 Å². The van der Waals surface area contributed by atoms with Crippen molar-refractivity contribution in [2.24, 2.45) is 10.9 Å². The minimum Gasteiger partial charge on any atom is -0.491 e. The number of ether oxygens (including phenoxy) is 2. The molecule has 0 aliphatic rings. The Hall–Kier alpha value is -3.51. The van der Waals surface area contributed by atoms with E-state index in [1.807, 2.05) is 38.1 Å². The molecule has 10 nitrogen and oxygen atoms in total. The van der Waals surface area contributed by atoms with Gasteiger partial charge < -0.3 is 25.6 Å². The van der Waals surface area contributed by atoms with Crippen molar-refractivity contribution >= 4 is 15.9 Å². The van der Waals surface area contributed by atoms with E-state index >= 15 is 0 Å². The molecule has 0 radical (unpaired) electrons. The van der Waals surface area contributed by atoms with Crippen LogP contribution < -0.4 is 25.7 Å². The Kier molecular flexibility index (Phi) is 8.64. The highest BCUT2D eigenvalue weighted by Gasteiger charge is 2.20. The first-order chi connectivity index (χ1) is 16.9. The van der Waals surface area contributed by atoms with Crippen LogP contribution in [0.4, 0.5) is 0 Å². The summed E-state index contributed by atoms with van der Waals surface area (Å²) in [6.45, 7) is 4.40. The molecule has 3 aromatic rings. The lowest BCUT2D eigenvalue weighted by atomic mass is 9.94. The van der Waals surface area contributed by atoms with E-state index in [1.54, 1.807) is 12.1 Å². The van der Waals surface area contributed by atoms with Gasteiger partial charge >= 0.3 is 0 Å². The van der Waals surface area contributed by atoms with Crippen LogP contribution in [0.1, 0.15) is 29.8 Å². The number of pyridine rings is 1. The van der Waals surface area contributed by atoms with Gasteiger partial charge in [-0.15, -0.1) is 0 Å². The number of primary sulfonamides is 1. The molecule has 1 amide bonds. The van der Waals surface area contributed by atoms with E-state index in [1.165, 1.54) is 30.5 Å². The number of aromatic nitrogens is 1. The van der Waals surface area contributed by atoms with Crippen molar-refractivity contribution in [1.29, 1.82) is 0 Å². The summed E-state index contributed by atoms with van der Waals surface area (Å²) in [5, 5.41) is 18.7. The third-order valence-electron chi connectivity index (χ3n) is 5.22. The number of nitrogens with zero attached hydrogens (tertiary/aromatic N) is 1. The number of carbonyl (C=O) groups excluding carboxylic acids is 1. The molecule has 0 aliphatic heterocycles. The number of hydrogen-bond donors (Lipinski definition) is 4. The molecule has 6 N–H and O–H groups in total. The molecule has 1 aromatic heterocycles. The number of carbonyl (C=O) groups is 1. The van der Waals surface area contributed by atoms with Crippen LogP contribution in [-0.4, -0.2) is 49.2 Å². The highest BCUT2D eigenvalue weighted by molar-refractivity contribution is 7.89. The number of nitrogens with two attached hydrogens (primary N) is 2. The number of hydrogen-bond acceptors (Lipinski definition) is 8. The molecule has 3 rings (SSSR count). The summed E-state index contributed by atoms with van der Waals surface area (Å²) in [5.41, 5.74) is 6.27. The van der Waals surface area contributed by atoms with Gasteiger partial charge in [-0.05, 0) is 68.3 Å². The Bertz CT molecular complexity index is 1260. The van der Waals surface area contributed by atoms with E-state index in [2.05, 4.69) is 10.3 Å². The largest absolute Gasteiger partial charge is 0.491 e. The minimum atomic E-state index is -3.76. The number of primary amides is 1. The number of rotatable bonds is 12. The molecular weight excluding hydrogens is 484 g/mol. The smallest absolute Gasteiger partial charge is 0.250 e. The van der Waals surface area contributed by atoms with Crippen molar-refractivity contribution in [3.05, 3.63) is 78.0 Å². The van der Waals surface area contributed by atoms with E-state index in [4.69, 9.17) is 20.3 Å². The lowest BCUT2D eigenvalue weighted by molar-refractivity contribution is 0.0988. The van der Waals surface area contributed by atoms with Crippen molar-refractivity contribution in [1.82, 2.24) is 10.3 Å². The predicted molar refractivity (Wildman–Crippen MR) is 134 cm³/mol. The topological polar surface area (TPSA) is 167 Å². The molecule has 0 saturated carbocycles. The molecule has 1 atom stereocenters. The zero-order valence-electron chi connectivity index (χ0n) is 20.0. The van der Waals surface area contributed by atoms with Gasteiger partial charge in [0.15, 0.2) is 0 Å². The summed E-state index contributed by atoms with van der Waals surface area (Å²) >= 11 is 0. The van der Waals surface area contributed by atoms with Crippen LogP contribution in [0, 0.1) is 0 Å². The Morgan fingerprint density at radius 1 is 1.06 bits per heavy atom. The average Bonchev–Trinajstić information content (AvgIpc) is 2.82. The Morgan fingerprint density at radius 3 is 2.25 bits per heavy atom. The molecule has 0 spiro atoms. The summed E-state index contributed by atoms with van der Waals surface area (Å²) in [5.74, 6) is 0.841. The van der Waals surface area contributed by atoms with Gasteiger partial charge in [-0.1, -0.05) is 12.1 Å². The van der Waals surface area contributed by atoms with Crippen molar-refractivity contribution in [3.8, 4) is 17.4 Å². The van der Waals surface area contributed by atoms with Crippen LogP contribution in [0.15, 0.2) is 71.8 Å². The van der Waals surface area contributed by atoms with Gasteiger partial charge in [0.1, 0.15) is 24.2 Å². The predicted octanol–water partition coefficient (Wildman–Crippen LogP) is 1.97. The van der Waals surface area contributed by atoms with Crippen molar-refractivity contribution < 1.29 is 27.8 Å². The molecule has 0 fully saturated rings. The van der Waals surface area contributed by atoms with Crippen molar-refractivity contribution in [3.63, 3.8) is 0 Å². The van der Waals surface area contributed by atoms with Crippen LogP contribution in [0.5, 0.6) is 17.4 Å². The maximum absolute atomic E-state index is 11.3. The molecule has 0 aliphatic carbocycles. The summed E-state index contributed by atoms with van der Waals surface area (Å²) in [4.78, 5) is 15.2. The van der Waals surface area contributed by atoms with E-state index < -0.39 is 22.0 Å². The number of aliphatic hydroxyl groups is 1. The summed E-state index contributed by atoms with van der Waals surface area (Å²) in [6, 6.07) is 16.4. The standard InChI is InChI=1S/C25H30N4O6S/c1-25(2,29-15-19(30)16-34-20-8-10-22(11-9-20)36(27,32)33)13-17-3-6-21(7-4-17)35-23-12-5-18(14-28-23)24(26)31/h3-12,14,19,29-30H,13,15-16H2,1-2H3,(H2,26,31)(H2,27,32,33)/t19-/m1/s1. The summed E-state index contributed by atoms with van der Waals surface area (Å²) < 4.78 is 33.8. The lowest BCUT2D eigenvalue weighted by Gasteiger charge is -2.28. The molecule has 2 aromatic carbocycles. The van der Waals surface area contributed by atoms with Gasteiger partial charge in [-0.3, -0.25) is 4.79 Å². The van der Waals surface area contributed by atoms with E-state index in [0.29, 0.717) is 35.9 Å². The van der Waals surface area contributed by atoms with E-state index in [-0.39, 0.29) is 17.0 Å². The number of benzene rings is 2. The molecule has 11 heteroatoms. The van der Waals surface area contributed by atoms with Crippen LogP contribution in [0.3, 0.4) is 0 Å². The maximum atomic E-state index is 11.3. The molecule has 0 unspecified atom stereocenters. The quantitative estimate of drug-likeness (QED) is 0.285. The number of aliphatic hydroxyl groups excluding tert-OH is 1. The highest BCUT2D eigenvalue weighted by Crippen LogP contribution is 2.22. The normalized spacial score (nSPS) is 12.7. The lowest BCUT2D eigenvalue weighted by Crippen LogP contribution is -2.46. The molecule has 192 valence electrons. The van der Waals surface area contributed by atoms with Crippen LogP contribution >= 0.6 is 0 Å². The highest BCUT2D eigenvalue weighted by atomic mass is 32.2. The number of sulfonamides is 1. The van der Waals surface area contributed by atoms with E-state index in [9.17, 15) is 18.3 Å². The molecular formula is C25H30N4O6S. The van der Waals surface area contributed by atoms with Crippen molar-refractivity contribution in [2.75, 3.05) is 13.2 Å². The summed E-state index contributed by atoms with van der Waals surface area (Å²) in [6.07, 6.45) is 1.29. The van der Waals surface area contributed by atoms with E-state index in [0.717, 1.165) is 5.56 Å². The summed E-state index contributed by atoms with van der Waals surface area (Å²) in [7, 11) is -3.76. The van der Waals surface area contributed by atoms with Gasteiger partial charge in [-0.2, -0.15) is 0 Å². The zero-order chi connectivity index (χ0) is 26.3. The van der Waals surface area contributed by atoms with Crippen LogP contribution in [-0.2, 0) is 16.4 Å². The van der Waals surface area contributed by atoms with Gasteiger partial charge in [0.2, 0.25) is 21.8 Å². The van der Waals surface area contributed by atoms with Crippen LogP contribution in [0.2, 0.25) is 0 Å². The minimum absolute atomic E-state index is 0.00562. The first-order valence-corrected chi connectivity index (χ1v) is 12.7. The Morgan fingerprint density at radius 2 is 1.69 bits per heavy atom. The SMILES string of the molecule is CC(C)(Cc1ccc(Oc2ccc(C(N)=O)cn2)cc1)NC[C@@H](O)COc1ccc(S(N)(=O)=O)cc1.